The van der Waals surface area contributed by atoms with Gasteiger partial charge in [-0.15, -0.1) is 0 Å². The van der Waals surface area contributed by atoms with E-state index in [0.29, 0.717) is 18.1 Å². The highest BCUT2D eigenvalue weighted by Gasteiger charge is 2.12. The number of sulfonamides is 1. The van der Waals surface area contributed by atoms with Gasteiger partial charge < -0.3 is 5.73 Å². The molecule has 14 heavy (non-hydrogen) atoms. The van der Waals surface area contributed by atoms with Crippen molar-refractivity contribution in [1.82, 2.24) is 4.98 Å². The van der Waals surface area contributed by atoms with Crippen molar-refractivity contribution >= 4 is 15.8 Å². The lowest BCUT2D eigenvalue weighted by Crippen LogP contribution is -2.26. The van der Waals surface area contributed by atoms with Crippen LogP contribution in [0.4, 0.5) is 5.82 Å². The van der Waals surface area contributed by atoms with Crippen LogP contribution in [0.5, 0.6) is 0 Å². The van der Waals surface area contributed by atoms with Crippen molar-refractivity contribution in [3.8, 4) is 0 Å². The molecule has 0 fully saturated rings. The van der Waals surface area contributed by atoms with Gasteiger partial charge in [-0.05, 0) is 12.1 Å². The van der Waals surface area contributed by atoms with E-state index in [1.807, 2.05) is 0 Å². The van der Waals surface area contributed by atoms with Gasteiger partial charge in [0.15, 0.2) is 0 Å². The second kappa shape index (κ2) is 3.93. The van der Waals surface area contributed by atoms with Gasteiger partial charge >= 0.3 is 0 Å². The van der Waals surface area contributed by atoms with Crippen LogP contribution in [0.25, 0.3) is 0 Å². The van der Waals surface area contributed by atoms with E-state index in [9.17, 15) is 8.42 Å². The van der Waals surface area contributed by atoms with Crippen LogP contribution < -0.4 is 10.0 Å². The molecule has 0 radical (unpaired) electrons. The fourth-order valence-electron chi connectivity index (χ4n) is 0.926. The Morgan fingerprint density at radius 1 is 1.50 bits per heavy atom. The highest BCUT2D eigenvalue weighted by atomic mass is 32.2. The minimum Gasteiger partial charge on any atom is -0.325 e. The molecular formula is C8H13N3O2S. The molecule has 0 aliphatic carbocycles. The van der Waals surface area contributed by atoms with Gasteiger partial charge in [-0.2, -0.15) is 0 Å². The van der Waals surface area contributed by atoms with Crippen LogP contribution in [0.3, 0.4) is 0 Å². The lowest BCUT2D eigenvalue weighted by Gasteiger charge is -2.15. The molecule has 0 bridgehead atoms. The van der Waals surface area contributed by atoms with E-state index in [1.165, 1.54) is 7.05 Å². The number of hydrogen-bond acceptors (Lipinski definition) is 4. The first kappa shape index (κ1) is 10.9. The monoisotopic (exact) mass is 215 g/mol. The zero-order chi connectivity index (χ0) is 10.8. The molecule has 1 aromatic rings. The molecule has 1 aromatic heterocycles. The number of aromatic nitrogens is 1. The minimum absolute atomic E-state index is 0.297. The van der Waals surface area contributed by atoms with E-state index in [2.05, 4.69) is 4.98 Å². The van der Waals surface area contributed by atoms with Gasteiger partial charge in [0.2, 0.25) is 10.0 Å². The van der Waals surface area contributed by atoms with E-state index in [1.54, 1.807) is 18.2 Å². The largest absolute Gasteiger partial charge is 0.325 e. The molecule has 0 atom stereocenters. The summed E-state index contributed by atoms with van der Waals surface area (Å²) < 4.78 is 23.5. The molecule has 0 aromatic carbocycles. The van der Waals surface area contributed by atoms with Gasteiger partial charge in [0.1, 0.15) is 5.82 Å². The summed E-state index contributed by atoms with van der Waals surface area (Å²) >= 11 is 0. The SMILES string of the molecule is CN(c1cccc(CN)n1)S(C)(=O)=O. The predicted molar refractivity (Wildman–Crippen MR) is 55.4 cm³/mol. The molecule has 0 aliphatic rings. The third kappa shape index (κ3) is 2.43. The second-order valence-corrected chi connectivity index (χ2v) is 4.94. The molecule has 0 saturated carbocycles. The molecule has 2 N–H and O–H groups in total. The van der Waals surface area contributed by atoms with E-state index < -0.39 is 10.0 Å². The van der Waals surface area contributed by atoms with E-state index >= 15 is 0 Å². The molecule has 0 spiro atoms. The summed E-state index contributed by atoms with van der Waals surface area (Å²) in [4.78, 5) is 4.08. The highest BCUT2D eigenvalue weighted by Crippen LogP contribution is 2.12. The Kier molecular flexibility index (Phi) is 3.07. The summed E-state index contributed by atoms with van der Waals surface area (Å²) in [7, 11) is -1.79. The van der Waals surface area contributed by atoms with Crippen molar-refractivity contribution in [3.05, 3.63) is 23.9 Å². The van der Waals surface area contributed by atoms with Crippen molar-refractivity contribution in [3.63, 3.8) is 0 Å². The summed E-state index contributed by atoms with van der Waals surface area (Å²) in [5.41, 5.74) is 6.06. The molecule has 0 saturated heterocycles. The maximum absolute atomic E-state index is 11.2. The van der Waals surface area contributed by atoms with Crippen molar-refractivity contribution in [1.29, 1.82) is 0 Å². The lowest BCUT2D eigenvalue weighted by atomic mass is 10.3. The maximum Gasteiger partial charge on any atom is 0.233 e. The number of anilines is 1. The Morgan fingerprint density at radius 3 is 2.64 bits per heavy atom. The van der Waals surface area contributed by atoms with Gasteiger partial charge in [-0.1, -0.05) is 6.07 Å². The Hall–Kier alpha value is -1.14. The Bertz CT molecular complexity index is 416. The van der Waals surface area contributed by atoms with Gasteiger partial charge in [0, 0.05) is 13.6 Å². The summed E-state index contributed by atoms with van der Waals surface area (Å²) in [6, 6.07) is 5.10. The topological polar surface area (TPSA) is 76.3 Å². The second-order valence-electron chi connectivity index (χ2n) is 2.92. The number of nitrogens with two attached hydrogens (primary N) is 1. The maximum atomic E-state index is 11.2. The average molecular weight is 215 g/mol. The first-order chi connectivity index (χ1) is 6.45. The van der Waals surface area contributed by atoms with Crippen molar-refractivity contribution in [2.45, 2.75) is 6.54 Å². The quantitative estimate of drug-likeness (QED) is 0.766. The Labute approximate surface area is 83.6 Å². The van der Waals surface area contributed by atoms with Crippen LogP contribution in [0.1, 0.15) is 5.69 Å². The van der Waals surface area contributed by atoms with Crippen LogP contribution >= 0.6 is 0 Å². The van der Waals surface area contributed by atoms with E-state index in [-0.39, 0.29) is 0 Å². The van der Waals surface area contributed by atoms with Crippen molar-refractivity contribution in [2.75, 3.05) is 17.6 Å². The number of nitrogens with zero attached hydrogens (tertiary/aromatic N) is 2. The molecule has 1 heterocycles. The summed E-state index contributed by atoms with van der Waals surface area (Å²) in [5.74, 6) is 0.385. The van der Waals surface area contributed by atoms with Gasteiger partial charge in [-0.25, -0.2) is 13.4 Å². The fraction of sp³-hybridized carbons (Fsp3) is 0.375. The van der Waals surface area contributed by atoms with Gasteiger partial charge in [-0.3, -0.25) is 4.31 Å². The first-order valence-corrected chi connectivity index (χ1v) is 5.90. The zero-order valence-electron chi connectivity index (χ0n) is 8.14. The highest BCUT2D eigenvalue weighted by molar-refractivity contribution is 7.92. The normalized spacial score (nSPS) is 11.4. The van der Waals surface area contributed by atoms with Crippen LogP contribution in [0, 0.1) is 0 Å². The molecule has 5 nitrogen and oxygen atoms in total. The average Bonchev–Trinajstić information content (AvgIpc) is 2.15. The van der Waals surface area contributed by atoms with E-state index in [0.717, 1.165) is 10.6 Å². The van der Waals surface area contributed by atoms with Crippen LogP contribution in [-0.2, 0) is 16.6 Å². The first-order valence-electron chi connectivity index (χ1n) is 4.05. The summed E-state index contributed by atoms with van der Waals surface area (Å²) in [5, 5.41) is 0. The lowest BCUT2D eigenvalue weighted by molar-refractivity contribution is 0.599. The standard InChI is InChI=1S/C8H13N3O2S/c1-11(14(2,12)13)8-5-3-4-7(6-9)10-8/h3-5H,6,9H2,1-2H3. The molecule has 0 aliphatic heterocycles. The predicted octanol–water partition coefficient (Wildman–Crippen LogP) is -0.0639. The molecular weight excluding hydrogens is 202 g/mol. The molecule has 6 heteroatoms. The summed E-state index contributed by atoms with van der Waals surface area (Å²) in [6.07, 6.45) is 1.13. The van der Waals surface area contributed by atoms with Crippen LogP contribution in [0.2, 0.25) is 0 Å². The minimum atomic E-state index is -3.25. The van der Waals surface area contributed by atoms with Crippen molar-refractivity contribution < 1.29 is 8.42 Å². The van der Waals surface area contributed by atoms with Gasteiger partial charge in [0.05, 0.1) is 11.9 Å². The third-order valence-electron chi connectivity index (χ3n) is 1.82. The summed E-state index contributed by atoms with van der Waals surface area (Å²) in [6.45, 7) is 0.297. The number of pyridine rings is 1. The fourth-order valence-corrected chi connectivity index (χ4v) is 1.37. The Balaban J connectivity index is 3.08. The van der Waals surface area contributed by atoms with Crippen LogP contribution in [0.15, 0.2) is 18.2 Å². The molecule has 0 amide bonds. The zero-order valence-corrected chi connectivity index (χ0v) is 8.95. The number of rotatable bonds is 3. The number of hydrogen-bond donors (Lipinski definition) is 1. The van der Waals surface area contributed by atoms with Crippen molar-refractivity contribution in [2.24, 2.45) is 5.73 Å². The smallest absolute Gasteiger partial charge is 0.233 e. The Morgan fingerprint density at radius 2 is 2.14 bits per heavy atom. The van der Waals surface area contributed by atoms with Gasteiger partial charge in [0.25, 0.3) is 0 Å². The van der Waals surface area contributed by atoms with E-state index in [4.69, 9.17) is 5.73 Å². The molecule has 1 rings (SSSR count). The van der Waals surface area contributed by atoms with Crippen LogP contribution in [-0.4, -0.2) is 26.7 Å². The molecule has 0 unspecified atom stereocenters. The molecule has 78 valence electrons. The third-order valence-corrected chi connectivity index (χ3v) is 3.00.